The van der Waals surface area contributed by atoms with E-state index in [1.165, 1.54) is 11.4 Å². The minimum atomic E-state index is -3.56. The van der Waals surface area contributed by atoms with Crippen LogP contribution in [-0.4, -0.2) is 58.0 Å². The van der Waals surface area contributed by atoms with Gasteiger partial charge in [-0.15, -0.1) is 0 Å². The molecule has 2 rings (SSSR count). The molecule has 0 radical (unpaired) electrons. The summed E-state index contributed by atoms with van der Waals surface area (Å²) >= 11 is 0. The molecule has 0 atom stereocenters. The number of nitrogens with zero attached hydrogens (tertiary/aromatic N) is 2. The number of nitrogens with two attached hydrogens (primary N) is 1. The summed E-state index contributed by atoms with van der Waals surface area (Å²) in [6.45, 7) is 2.97. The van der Waals surface area contributed by atoms with Crippen LogP contribution in [-0.2, 0) is 16.6 Å². The van der Waals surface area contributed by atoms with Crippen LogP contribution in [0.3, 0.4) is 0 Å². The lowest BCUT2D eigenvalue weighted by molar-refractivity contribution is 0.346. The molecule has 1 aromatic carbocycles. The lowest BCUT2D eigenvalue weighted by Crippen LogP contribution is -2.34. The molecule has 0 aliphatic carbocycles. The molecular weight excluding hydrogens is 290 g/mol. The van der Waals surface area contributed by atoms with Crippen molar-refractivity contribution >= 4 is 10.0 Å². The van der Waals surface area contributed by atoms with Crippen molar-refractivity contribution in [3.05, 3.63) is 23.8 Å². The Morgan fingerprint density at radius 2 is 2.00 bits per heavy atom. The fourth-order valence-electron chi connectivity index (χ4n) is 2.45. The second-order valence-electron chi connectivity index (χ2n) is 5.25. The molecule has 1 aliphatic rings. The van der Waals surface area contributed by atoms with Crippen molar-refractivity contribution in [2.45, 2.75) is 17.9 Å². The number of hydrogen-bond acceptors (Lipinski definition) is 5. The van der Waals surface area contributed by atoms with E-state index >= 15 is 0 Å². The Morgan fingerprint density at radius 3 is 2.67 bits per heavy atom. The van der Waals surface area contributed by atoms with E-state index in [2.05, 4.69) is 4.90 Å². The number of methoxy groups -OCH3 is 1. The molecule has 7 heteroatoms. The Kier molecular flexibility index (Phi) is 5.21. The van der Waals surface area contributed by atoms with Gasteiger partial charge in [-0.1, -0.05) is 6.07 Å². The van der Waals surface area contributed by atoms with Gasteiger partial charge in [-0.2, -0.15) is 4.31 Å². The van der Waals surface area contributed by atoms with Crippen LogP contribution in [0.4, 0.5) is 0 Å². The van der Waals surface area contributed by atoms with Crippen LogP contribution in [0.2, 0.25) is 0 Å². The fraction of sp³-hybridized carbons (Fsp3) is 0.571. The van der Waals surface area contributed by atoms with E-state index in [0.29, 0.717) is 25.4 Å². The molecule has 0 unspecified atom stereocenters. The SMILES string of the molecule is COc1ccc(CN)cc1S(=O)(=O)N1CCCN(C)CC1. The summed E-state index contributed by atoms with van der Waals surface area (Å²) < 4.78 is 32.5. The van der Waals surface area contributed by atoms with Gasteiger partial charge < -0.3 is 15.4 Å². The van der Waals surface area contributed by atoms with Crippen LogP contribution >= 0.6 is 0 Å². The second kappa shape index (κ2) is 6.74. The molecule has 2 N–H and O–H groups in total. The highest BCUT2D eigenvalue weighted by atomic mass is 32.2. The third kappa shape index (κ3) is 3.55. The number of benzene rings is 1. The molecule has 1 heterocycles. The first-order valence-corrected chi connectivity index (χ1v) is 8.48. The lowest BCUT2D eigenvalue weighted by atomic mass is 10.2. The fourth-order valence-corrected chi connectivity index (χ4v) is 4.13. The average molecular weight is 313 g/mol. The quantitative estimate of drug-likeness (QED) is 0.875. The zero-order valence-electron chi connectivity index (χ0n) is 12.6. The van der Waals surface area contributed by atoms with Gasteiger partial charge in [0.05, 0.1) is 7.11 Å². The minimum absolute atomic E-state index is 0.206. The van der Waals surface area contributed by atoms with Gasteiger partial charge in [0.1, 0.15) is 10.6 Å². The van der Waals surface area contributed by atoms with Crippen LogP contribution in [0.1, 0.15) is 12.0 Å². The smallest absolute Gasteiger partial charge is 0.246 e. The van der Waals surface area contributed by atoms with E-state index in [9.17, 15) is 8.42 Å². The molecule has 0 amide bonds. The molecule has 0 aromatic heterocycles. The first-order chi connectivity index (χ1) is 9.98. The number of ether oxygens (including phenoxy) is 1. The molecule has 1 saturated heterocycles. The predicted octanol–water partition coefficient (Wildman–Crippen LogP) is 0.480. The van der Waals surface area contributed by atoms with Gasteiger partial charge >= 0.3 is 0 Å². The van der Waals surface area contributed by atoms with Crippen molar-refractivity contribution in [1.29, 1.82) is 0 Å². The summed E-state index contributed by atoms with van der Waals surface area (Å²) in [4.78, 5) is 2.35. The van der Waals surface area contributed by atoms with E-state index in [0.717, 1.165) is 25.1 Å². The monoisotopic (exact) mass is 313 g/mol. The average Bonchev–Trinajstić information content (AvgIpc) is 2.71. The third-order valence-corrected chi connectivity index (χ3v) is 5.68. The van der Waals surface area contributed by atoms with Crippen molar-refractivity contribution in [2.24, 2.45) is 5.73 Å². The number of sulfonamides is 1. The van der Waals surface area contributed by atoms with Gasteiger partial charge in [-0.25, -0.2) is 8.42 Å². The van der Waals surface area contributed by atoms with E-state index < -0.39 is 10.0 Å². The molecule has 0 bridgehead atoms. The summed E-state index contributed by atoms with van der Waals surface area (Å²) in [5.74, 6) is 0.366. The van der Waals surface area contributed by atoms with Gasteiger partial charge in [0.2, 0.25) is 10.0 Å². The molecule has 0 saturated carbocycles. The normalized spacial score (nSPS) is 18.4. The zero-order valence-corrected chi connectivity index (χ0v) is 13.4. The van der Waals surface area contributed by atoms with Gasteiger partial charge in [-0.05, 0) is 37.7 Å². The van der Waals surface area contributed by atoms with Gasteiger partial charge in [0, 0.05) is 26.2 Å². The Morgan fingerprint density at radius 1 is 1.24 bits per heavy atom. The van der Waals surface area contributed by atoms with Gasteiger partial charge in [0.25, 0.3) is 0 Å². The van der Waals surface area contributed by atoms with E-state index in [1.807, 2.05) is 7.05 Å². The van der Waals surface area contributed by atoms with Crippen LogP contribution in [0.5, 0.6) is 5.75 Å². The summed E-state index contributed by atoms with van der Waals surface area (Å²) in [6, 6.07) is 5.07. The predicted molar refractivity (Wildman–Crippen MR) is 81.8 cm³/mol. The standard InChI is InChI=1S/C14H23N3O3S/c1-16-6-3-7-17(9-8-16)21(18,19)14-10-12(11-15)4-5-13(14)20-2/h4-5,10H,3,6-9,11,15H2,1-2H3. The number of rotatable bonds is 4. The maximum absolute atomic E-state index is 12.9. The topological polar surface area (TPSA) is 75.9 Å². The molecule has 1 fully saturated rings. The van der Waals surface area contributed by atoms with Gasteiger partial charge in [0.15, 0.2) is 0 Å². The maximum Gasteiger partial charge on any atom is 0.246 e. The largest absolute Gasteiger partial charge is 0.495 e. The zero-order chi connectivity index (χ0) is 15.5. The van der Waals surface area contributed by atoms with Crippen molar-refractivity contribution in [1.82, 2.24) is 9.21 Å². The van der Waals surface area contributed by atoms with E-state index in [1.54, 1.807) is 18.2 Å². The Balaban J connectivity index is 2.38. The Hall–Kier alpha value is -1.15. The molecule has 0 spiro atoms. The molecular formula is C14H23N3O3S. The number of likely N-dealkylation sites (N-methyl/N-ethyl adjacent to an activating group) is 1. The van der Waals surface area contributed by atoms with Crippen LogP contribution in [0.15, 0.2) is 23.1 Å². The summed E-state index contributed by atoms with van der Waals surface area (Å²) in [5, 5.41) is 0. The van der Waals surface area contributed by atoms with E-state index in [4.69, 9.17) is 10.5 Å². The van der Waals surface area contributed by atoms with Crippen molar-refractivity contribution in [2.75, 3.05) is 40.3 Å². The summed E-state index contributed by atoms with van der Waals surface area (Å²) in [7, 11) is -0.0735. The van der Waals surface area contributed by atoms with Crippen LogP contribution < -0.4 is 10.5 Å². The Labute approximate surface area is 126 Å². The van der Waals surface area contributed by atoms with Crippen molar-refractivity contribution < 1.29 is 13.2 Å². The third-order valence-electron chi connectivity index (χ3n) is 3.76. The molecule has 6 nitrogen and oxygen atoms in total. The van der Waals surface area contributed by atoms with Crippen LogP contribution in [0.25, 0.3) is 0 Å². The van der Waals surface area contributed by atoms with Crippen molar-refractivity contribution in [3.8, 4) is 5.75 Å². The molecule has 118 valence electrons. The minimum Gasteiger partial charge on any atom is -0.495 e. The highest BCUT2D eigenvalue weighted by Gasteiger charge is 2.29. The molecule has 21 heavy (non-hydrogen) atoms. The summed E-state index contributed by atoms with van der Waals surface area (Å²) in [6.07, 6.45) is 0.828. The van der Waals surface area contributed by atoms with Crippen molar-refractivity contribution in [3.63, 3.8) is 0 Å². The number of hydrogen-bond donors (Lipinski definition) is 1. The van der Waals surface area contributed by atoms with Gasteiger partial charge in [-0.3, -0.25) is 0 Å². The van der Waals surface area contributed by atoms with E-state index in [-0.39, 0.29) is 4.90 Å². The second-order valence-corrected chi connectivity index (χ2v) is 7.16. The maximum atomic E-state index is 12.9. The summed E-state index contributed by atoms with van der Waals surface area (Å²) in [5.41, 5.74) is 6.40. The van der Waals surface area contributed by atoms with Crippen LogP contribution in [0, 0.1) is 0 Å². The molecule has 1 aliphatic heterocycles. The first-order valence-electron chi connectivity index (χ1n) is 7.04. The highest BCUT2D eigenvalue weighted by Crippen LogP contribution is 2.28. The lowest BCUT2D eigenvalue weighted by Gasteiger charge is -2.21. The Bertz CT molecular complexity index is 589. The molecule has 1 aromatic rings. The highest BCUT2D eigenvalue weighted by molar-refractivity contribution is 7.89. The first kappa shape index (κ1) is 16.2.